The molecule has 2 aromatic rings. The maximum Gasteiger partial charge on any atom is 0.286 e. The smallest absolute Gasteiger partial charge is 0.286 e. The summed E-state index contributed by atoms with van der Waals surface area (Å²) in [6, 6.07) is 9.53. The van der Waals surface area contributed by atoms with Crippen LogP contribution in [0.25, 0.3) is 0 Å². The zero-order valence-electron chi connectivity index (χ0n) is 14.6. The van der Waals surface area contributed by atoms with Gasteiger partial charge in [0.2, 0.25) is 0 Å². The molecule has 0 aliphatic carbocycles. The van der Waals surface area contributed by atoms with Gasteiger partial charge < -0.3 is 24.3 Å². The van der Waals surface area contributed by atoms with Crippen molar-refractivity contribution >= 4 is 11.6 Å². The van der Waals surface area contributed by atoms with Crippen molar-refractivity contribution in [2.45, 2.75) is 0 Å². The second-order valence-electron chi connectivity index (χ2n) is 5.55. The quantitative estimate of drug-likeness (QED) is 0.449. The fourth-order valence-electron chi connectivity index (χ4n) is 2.51. The van der Waals surface area contributed by atoms with Gasteiger partial charge in [-0.15, -0.1) is 0 Å². The van der Waals surface area contributed by atoms with E-state index in [1.54, 1.807) is 31.4 Å². The monoisotopic (exact) mass is 374 g/mol. The number of nitro groups is 1. The van der Waals surface area contributed by atoms with E-state index in [0.29, 0.717) is 30.5 Å². The Morgan fingerprint density at radius 1 is 1.15 bits per heavy atom. The van der Waals surface area contributed by atoms with Crippen molar-refractivity contribution in [1.29, 1.82) is 0 Å². The number of rotatable bonds is 7. The third-order valence-corrected chi connectivity index (χ3v) is 3.82. The molecule has 0 atom stereocenters. The number of benzene rings is 2. The van der Waals surface area contributed by atoms with Crippen LogP contribution in [0.2, 0.25) is 0 Å². The number of ether oxygens (including phenoxy) is 4. The first-order valence-corrected chi connectivity index (χ1v) is 8.21. The minimum absolute atomic E-state index is 0.0892. The summed E-state index contributed by atoms with van der Waals surface area (Å²) in [7, 11) is 1.57. The summed E-state index contributed by atoms with van der Waals surface area (Å²) in [5, 5.41) is 13.9. The number of hydrogen-bond acceptors (Lipinski definition) is 7. The topological polar surface area (TPSA) is 109 Å². The minimum atomic E-state index is -0.624. The van der Waals surface area contributed by atoms with Gasteiger partial charge in [0.25, 0.3) is 11.6 Å². The summed E-state index contributed by atoms with van der Waals surface area (Å²) < 4.78 is 21.3. The first-order valence-electron chi connectivity index (χ1n) is 8.21. The summed E-state index contributed by atoms with van der Waals surface area (Å²) in [6.07, 6.45) is 0. The second kappa shape index (κ2) is 8.26. The van der Waals surface area contributed by atoms with Crippen LogP contribution in [0, 0.1) is 10.1 Å². The predicted molar refractivity (Wildman–Crippen MR) is 94.9 cm³/mol. The number of methoxy groups -OCH3 is 1. The molecule has 0 bridgehead atoms. The molecule has 0 unspecified atom stereocenters. The Hall–Kier alpha value is -3.49. The van der Waals surface area contributed by atoms with Gasteiger partial charge in [0.05, 0.1) is 24.6 Å². The van der Waals surface area contributed by atoms with Crippen molar-refractivity contribution < 1.29 is 28.7 Å². The zero-order chi connectivity index (χ0) is 19.2. The Balaban J connectivity index is 1.60. The average molecular weight is 374 g/mol. The maximum absolute atomic E-state index is 12.4. The number of nitrogens with one attached hydrogen (secondary N) is 1. The highest BCUT2D eigenvalue weighted by atomic mass is 16.6. The van der Waals surface area contributed by atoms with Crippen LogP contribution in [-0.2, 0) is 0 Å². The summed E-state index contributed by atoms with van der Waals surface area (Å²) in [6.45, 7) is 1.01. The first-order chi connectivity index (χ1) is 13.1. The molecule has 0 radical (unpaired) electrons. The van der Waals surface area contributed by atoms with Gasteiger partial charge in [-0.05, 0) is 24.3 Å². The summed E-state index contributed by atoms with van der Waals surface area (Å²) in [5.74, 6) is 1.31. The highest BCUT2D eigenvalue weighted by Gasteiger charge is 2.26. The number of nitrogens with zero attached hydrogens (tertiary/aromatic N) is 1. The largest absolute Gasteiger partial charge is 0.497 e. The highest BCUT2D eigenvalue weighted by molar-refractivity contribution is 5.99. The molecule has 1 heterocycles. The van der Waals surface area contributed by atoms with E-state index in [-0.39, 0.29) is 30.2 Å². The van der Waals surface area contributed by atoms with Gasteiger partial charge in [-0.3, -0.25) is 14.9 Å². The molecule has 27 heavy (non-hydrogen) atoms. The van der Waals surface area contributed by atoms with E-state index in [0.717, 1.165) is 0 Å². The van der Waals surface area contributed by atoms with Crippen molar-refractivity contribution in [2.24, 2.45) is 0 Å². The van der Waals surface area contributed by atoms with E-state index in [2.05, 4.69) is 5.32 Å². The van der Waals surface area contributed by atoms with Crippen LogP contribution >= 0.6 is 0 Å². The summed E-state index contributed by atoms with van der Waals surface area (Å²) >= 11 is 0. The standard InChI is InChI=1S/C18H18N2O7/c1-24-12-2-4-13(5-3-12)25-7-6-19-18(21)14-10-16-17(27-9-8-26-16)11-15(14)20(22)23/h2-5,10-11H,6-9H2,1H3,(H,19,21). The lowest BCUT2D eigenvalue weighted by molar-refractivity contribution is -0.385. The Bertz CT molecular complexity index is 836. The predicted octanol–water partition coefficient (Wildman–Crippen LogP) is 2.18. The molecule has 0 spiro atoms. The third kappa shape index (κ3) is 4.38. The second-order valence-corrected chi connectivity index (χ2v) is 5.55. The molecule has 9 heteroatoms. The van der Waals surface area contributed by atoms with E-state index in [4.69, 9.17) is 18.9 Å². The van der Waals surface area contributed by atoms with Crippen molar-refractivity contribution in [3.63, 3.8) is 0 Å². The number of hydrogen-bond donors (Lipinski definition) is 1. The number of nitro benzene ring substituents is 1. The molecule has 1 N–H and O–H groups in total. The van der Waals surface area contributed by atoms with Gasteiger partial charge in [0, 0.05) is 6.07 Å². The molecule has 142 valence electrons. The molecule has 1 aliphatic heterocycles. The number of carbonyl (C=O) groups excluding carboxylic acids is 1. The maximum atomic E-state index is 12.4. The molecule has 0 fully saturated rings. The molecule has 0 aromatic heterocycles. The van der Waals surface area contributed by atoms with Crippen molar-refractivity contribution in [2.75, 3.05) is 33.5 Å². The molecule has 2 aromatic carbocycles. The summed E-state index contributed by atoms with van der Waals surface area (Å²) in [4.78, 5) is 23.0. The Morgan fingerprint density at radius 2 is 1.78 bits per heavy atom. The molecule has 1 amide bonds. The lowest BCUT2D eigenvalue weighted by Gasteiger charge is -2.18. The number of amides is 1. The van der Waals surface area contributed by atoms with E-state index in [1.807, 2.05) is 0 Å². The molecule has 1 aliphatic rings. The summed E-state index contributed by atoms with van der Waals surface area (Å²) in [5.41, 5.74) is -0.429. The van der Waals surface area contributed by atoms with E-state index in [1.165, 1.54) is 12.1 Å². The lowest BCUT2D eigenvalue weighted by atomic mass is 10.1. The number of fused-ring (bicyclic) bond motifs is 1. The fraction of sp³-hybridized carbons (Fsp3) is 0.278. The van der Waals surface area contributed by atoms with Crippen LogP contribution < -0.4 is 24.3 Å². The minimum Gasteiger partial charge on any atom is -0.497 e. The van der Waals surface area contributed by atoms with Crippen LogP contribution in [0.4, 0.5) is 5.69 Å². The van der Waals surface area contributed by atoms with Crippen molar-refractivity contribution in [3.05, 3.63) is 52.1 Å². The highest BCUT2D eigenvalue weighted by Crippen LogP contribution is 2.36. The normalized spacial score (nSPS) is 12.2. The molecular formula is C18H18N2O7. The molecule has 0 saturated carbocycles. The third-order valence-electron chi connectivity index (χ3n) is 3.82. The average Bonchev–Trinajstić information content (AvgIpc) is 2.70. The van der Waals surface area contributed by atoms with Gasteiger partial charge in [-0.1, -0.05) is 0 Å². The van der Waals surface area contributed by atoms with E-state index < -0.39 is 10.8 Å². The van der Waals surface area contributed by atoms with Crippen LogP contribution in [0.1, 0.15) is 10.4 Å². The van der Waals surface area contributed by atoms with Gasteiger partial charge in [-0.2, -0.15) is 0 Å². The van der Waals surface area contributed by atoms with E-state index >= 15 is 0 Å². The van der Waals surface area contributed by atoms with Gasteiger partial charge in [0.1, 0.15) is 36.9 Å². The van der Waals surface area contributed by atoms with Crippen LogP contribution in [0.5, 0.6) is 23.0 Å². The van der Waals surface area contributed by atoms with E-state index in [9.17, 15) is 14.9 Å². The Labute approximate surface area is 154 Å². The SMILES string of the molecule is COc1ccc(OCCNC(=O)c2cc3c(cc2[N+](=O)[O-])OCCO3)cc1. The van der Waals surface area contributed by atoms with Crippen LogP contribution in [-0.4, -0.2) is 44.3 Å². The Kier molecular flexibility index (Phi) is 5.60. The molecular weight excluding hydrogens is 356 g/mol. The van der Waals surface area contributed by atoms with Crippen LogP contribution in [0.3, 0.4) is 0 Å². The fourth-order valence-corrected chi connectivity index (χ4v) is 2.51. The Morgan fingerprint density at radius 3 is 2.41 bits per heavy atom. The molecule has 3 rings (SSSR count). The van der Waals surface area contributed by atoms with Gasteiger partial charge in [0.15, 0.2) is 11.5 Å². The lowest BCUT2D eigenvalue weighted by Crippen LogP contribution is -2.29. The first kappa shape index (κ1) is 18.3. The molecule has 0 saturated heterocycles. The van der Waals surface area contributed by atoms with Gasteiger partial charge >= 0.3 is 0 Å². The molecule has 9 nitrogen and oxygen atoms in total. The van der Waals surface area contributed by atoms with Crippen molar-refractivity contribution in [1.82, 2.24) is 5.32 Å². The van der Waals surface area contributed by atoms with Crippen LogP contribution in [0.15, 0.2) is 36.4 Å². The van der Waals surface area contributed by atoms with Crippen molar-refractivity contribution in [3.8, 4) is 23.0 Å². The van der Waals surface area contributed by atoms with Gasteiger partial charge in [-0.25, -0.2) is 0 Å². The number of carbonyl (C=O) groups is 1. The zero-order valence-corrected chi connectivity index (χ0v) is 14.6.